The molecule has 0 aromatic rings. The van der Waals surface area contributed by atoms with E-state index in [1.54, 1.807) is 0 Å². The molecule has 0 aliphatic heterocycles. The Balaban J connectivity index is 1.57. The maximum Gasteiger partial charge on any atom is 0.311 e. The molecule has 4 saturated carbocycles. The molecule has 5 rings (SSSR count). The van der Waals surface area contributed by atoms with Gasteiger partial charge in [0.25, 0.3) is 0 Å². The van der Waals surface area contributed by atoms with Crippen molar-refractivity contribution in [3.05, 3.63) is 11.6 Å². The first-order valence-electron chi connectivity index (χ1n) is 15.0. The number of carbonyl (C=O) groups is 3. The molecule has 5 nitrogen and oxygen atoms in total. The number of hydrogen-bond acceptors (Lipinski definition) is 5. The molecule has 0 N–H and O–H groups in total. The molecule has 0 saturated heterocycles. The summed E-state index contributed by atoms with van der Waals surface area (Å²) in [5, 5.41) is 0. The quantitative estimate of drug-likeness (QED) is 0.360. The van der Waals surface area contributed by atoms with E-state index in [0.717, 1.165) is 57.8 Å². The van der Waals surface area contributed by atoms with Crippen molar-refractivity contribution >= 4 is 17.7 Å². The third kappa shape index (κ3) is 3.51. The minimum Gasteiger partial charge on any atom is -0.469 e. The number of methoxy groups -OCH3 is 1. The highest BCUT2D eigenvalue weighted by molar-refractivity contribution is 5.95. The van der Waals surface area contributed by atoms with Crippen molar-refractivity contribution in [2.75, 3.05) is 7.11 Å². The number of esters is 2. The van der Waals surface area contributed by atoms with E-state index in [-0.39, 0.29) is 57.0 Å². The molecular weight excluding hydrogens is 476 g/mol. The fourth-order valence-electron chi connectivity index (χ4n) is 11.0. The molecule has 0 amide bonds. The molecule has 9 atom stereocenters. The van der Waals surface area contributed by atoms with Crippen molar-refractivity contribution in [2.24, 2.45) is 50.2 Å². The van der Waals surface area contributed by atoms with Gasteiger partial charge < -0.3 is 9.47 Å². The Morgan fingerprint density at radius 2 is 1.55 bits per heavy atom. The van der Waals surface area contributed by atoms with Crippen LogP contribution in [0.3, 0.4) is 0 Å². The van der Waals surface area contributed by atoms with Gasteiger partial charge >= 0.3 is 11.9 Å². The number of carbonyl (C=O) groups excluding carboxylic acids is 3. The molecule has 38 heavy (non-hydrogen) atoms. The third-order valence-corrected chi connectivity index (χ3v) is 13.5. The number of allylic oxidation sites excluding steroid dienone is 2. The normalized spacial score (nSPS) is 49.4. The number of fused-ring (bicyclic) bond motifs is 7. The van der Waals surface area contributed by atoms with Crippen LogP contribution in [0, 0.1) is 50.2 Å². The Morgan fingerprint density at radius 1 is 0.895 bits per heavy atom. The van der Waals surface area contributed by atoms with E-state index in [1.165, 1.54) is 19.6 Å². The van der Waals surface area contributed by atoms with Crippen LogP contribution in [0.1, 0.15) is 113 Å². The van der Waals surface area contributed by atoms with Gasteiger partial charge in [0.05, 0.1) is 12.5 Å². The number of rotatable bonds is 2. The predicted molar refractivity (Wildman–Crippen MR) is 147 cm³/mol. The molecule has 0 aromatic carbocycles. The molecule has 0 heterocycles. The van der Waals surface area contributed by atoms with Crippen LogP contribution in [0.15, 0.2) is 11.6 Å². The zero-order valence-electron chi connectivity index (χ0n) is 25.3. The molecule has 0 aromatic heterocycles. The minimum atomic E-state index is -0.498. The van der Waals surface area contributed by atoms with Gasteiger partial charge in [-0.1, -0.05) is 47.1 Å². The average Bonchev–Trinajstić information content (AvgIpc) is 2.82. The Hall–Kier alpha value is -1.65. The van der Waals surface area contributed by atoms with Crippen LogP contribution in [0.5, 0.6) is 0 Å². The van der Waals surface area contributed by atoms with Gasteiger partial charge in [-0.3, -0.25) is 14.4 Å². The van der Waals surface area contributed by atoms with Crippen molar-refractivity contribution in [2.45, 2.75) is 119 Å². The van der Waals surface area contributed by atoms with Gasteiger partial charge in [-0.2, -0.15) is 0 Å². The Bertz CT molecular complexity index is 1090. The topological polar surface area (TPSA) is 69.7 Å². The van der Waals surface area contributed by atoms with Crippen molar-refractivity contribution < 1.29 is 23.9 Å². The SMILES string of the molecule is COC(=O)[C@]1(C)CC[C@]2(C)CC[C@]3(C)C(=CC(=O)[C@@H]4[C@@]5(C)CC[C@H](OC(C)=O)C(C)(C)[C@@H]5CC[C@]43C)[C@@H]2C1. The highest BCUT2D eigenvalue weighted by atomic mass is 16.5. The number of ketones is 1. The maximum absolute atomic E-state index is 14.4. The van der Waals surface area contributed by atoms with Gasteiger partial charge in [-0.05, 0) is 104 Å². The second-order valence-electron chi connectivity index (χ2n) is 15.7. The maximum atomic E-state index is 14.4. The van der Waals surface area contributed by atoms with Crippen LogP contribution >= 0.6 is 0 Å². The molecular formula is C33H50O5. The van der Waals surface area contributed by atoms with Crippen molar-refractivity contribution in [1.29, 1.82) is 0 Å². The molecule has 0 bridgehead atoms. The zero-order valence-corrected chi connectivity index (χ0v) is 25.3. The van der Waals surface area contributed by atoms with Crippen LogP contribution in [-0.2, 0) is 23.9 Å². The van der Waals surface area contributed by atoms with E-state index in [0.29, 0.717) is 11.7 Å². The first-order valence-corrected chi connectivity index (χ1v) is 15.0. The first-order chi connectivity index (χ1) is 17.5. The lowest BCUT2D eigenvalue weighted by molar-refractivity contribution is -0.210. The van der Waals surface area contributed by atoms with Gasteiger partial charge in [0.15, 0.2) is 5.78 Å². The van der Waals surface area contributed by atoms with Crippen molar-refractivity contribution in [1.82, 2.24) is 0 Å². The monoisotopic (exact) mass is 526 g/mol. The minimum absolute atomic E-state index is 0.0417. The van der Waals surface area contributed by atoms with E-state index in [2.05, 4.69) is 54.5 Å². The lowest BCUT2D eigenvalue weighted by Gasteiger charge is -2.70. The molecule has 212 valence electrons. The van der Waals surface area contributed by atoms with Gasteiger partial charge in [-0.25, -0.2) is 0 Å². The zero-order chi connectivity index (χ0) is 28.1. The standard InChI is InChI=1S/C33H50O5/c1-20(34)38-25-11-12-31(6)24(28(25,2)3)10-13-33(8)26(31)23(35)18-21-22-19-30(5,27(36)37-9)15-14-29(22,4)16-17-32(21,33)7/h18,22,24-26H,10-17,19H2,1-9H3/t22-,24-,25-,26+,29+,30+,31-,32+,33+/m0/s1. The van der Waals surface area contributed by atoms with Crippen LogP contribution in [0.2, 0.25) is 0 Å². The van der Waals surface area contributed by atoms with Gasteiger partial charge in [0.2, 0.25) is 0 Å². The molecule has 0 unspecified atom stereocenters. The highest BCUT2D eigenvalue weighted by Gasteiger charge is 2.70. The van der Waals surface area contributed by atoms with Gasteiger partial charge in [0, 0.05) is 18.3 Å². The predicted octanol–water partition coefficient (Wildman–Crippen LogP) is 7.07. The van der Waals surface area contributed by atoms with Crippen LogP contribution in [0.4, 0.5) is 0 Å². The summed E-state index contributed by atoms with van der Waals surface area (Å²) < 4.78 is 11.1. The summed E-state index contributed by atoms with van der Waals surface area (Å²) in [4.78, 5) is 39.2. The summed E-state index contributed by atoms with van der Waals surface area (Å²) in [6.07, 6.45) is 10.6. The van der Waals surface area contributed by atoms with Crippen molar-refractivity contribution in [3.63, 3.8) is 0 Å². The van der Waals surface area contributed by atoms with Crippen LogP contribution in [0.25, 0.3) is 0 Å². The summed E-state index contributed by atoms with van der Waals surface area (Å²) in [6.45, 7) is 17.7. The van der Waals surface area contributed by atoms with Gasteiger partial charge in [0.1, 0.15) is 6.10 Å². The molecule has 5 heteroatoms. The average molecular weight is 527 g/mol. The van der Waals surface area contributed by atoms with E-state index in [1.807, 2.05) is 0 Å². The fourth-order valence-corrected chi connectivity index (χ4v) is 11.0. The van der Waals surface area contributed by atoms with E-state index in [9.17, 15) is 14.4 Å². The Morgan fingerprint density at radius 3 is 2.18 bits per heavy atom. The molecule has 5 aliphatic carbocycles. The van der Waals surface area contributed by atoms with E-state index in [4.69, 9.17) is 9.47 Å². The molecule has 0 radical (unpaired) electrons. The Kier molecular flexibility index (Phi) is 6.19. The summed E-state index contributed by atoms with van der Waals surface area (Å²) >= 11 is 0. The second-order valence-corrected chi connectivity index (χ2v) is 15.7. The third-order valence-electron chi connectivity index (χ3n) is 13.5. The smallest absolute Gasteiger partial charge is 0.311 e. The summed E-state index contributed by atoms with van der Waals surface area (Å²) in [6, 6.07) is 0. The van der Waals surface area contributed by atoms with E-state index < -0.39 is 5.41 Å². The fraction of sp³-hybridized carbons (Fsp3) is 0.848. The van der Waals surface area contributed by atoms with E-state index >= 15 is 0 Å². The largest absolute Gasteiger partial charge is 0.469 e. The molecule has 0 spiro atoms. The number of hydrogen-bond donors (Lipinski definition) is 0. The van der Waals surface area contributed by atoms with Crippen molar-refractivity contribution in [3.8, 4) is 0 Å². The molecule has 5 aliphatic rings. The summed E-state index contributed by atoms with van der Waals surface area (Å²) in [7, 11) is 1.50. The lowest BCUT2D eigenvalue weighted by Crippen LogP contribution is -2.66. The Labute approximate surface area is 229 Å². The summed E-state index contributed by atoms with van der Waals surface area (Å²) in [5.74, 6) is 0.474. The summed E-state index contributed by atoms with van der Waals surface area (Å²) in [5.41, 5.74) is 0.416. The molecule has 4 fully saturated rings. The lowest BCUT2D eigenvalue weighted by atomic mass is 9.33. The van der Waals surface area contributed by atoms with Gasteiger partial charge in [-0.15, -0.1) is 0 Å². The van der Waals surface area contributed by atoms with Crippen LogP contribution in [-0.4, -0.2) is 30.9 Å². The first kappa shape index (κ1) is 27.9. The number of ether oxygens (including phenoxy) is 2. The second kappa shape index (κ2) is 8.43. The van der Waals surface area contributed by atoms with Crippen LogP contribution < -0.4 is 0 Å². The highest BCUT2D eigenvalue weighted by Crippen LogP contribution is 2.75.